The van der Waals surface area contributed by atoms with Gasteiger partial charge in [0.2, 0.25) is 5.91 Å². The summed E-state index contributed by atoms with van der Waals surface area (Å²) in [6.07, 6.45) is 2.49. The summed E-state index contributed by atoms with van der Waals surface area (Å²) in [6, 6.07) is 16.1. The van der Waals surface area contributed by atoms with Crippen LogP contribution in [0.15, 0.2) is 54.6 Å². The van der Waals surface area contributed by atoms with Gasteiger partial charge in [-0.15, -0.1) is 24.8 Å². The van der Waals surface area contributed by atoms with E-state index in [-0.39, 0.29) is 36.6 Å². The predicted octanol–water partition coefficient (Wildman–Crippen LogP) is 3.17. The molecule has 8 heteroatoms. The molecule has 3 rings (SSSR count). The van der Waals surface area contributed by atoms with Gasteiger partial charge < -0.3 is 21.3 Å². The number of benzene rings is 2. The number of nitrogens with zero attached hydrogens (tertiary/aromatic N) is 1. The summed E-state index contributed by atoms with van der Waals surface area (Å²) in [5.41, 5.74) is 7.00. The second kappa shape index (κ2) is 11.9. The summed E-state index contributed by atoms with van der Waals surface area (Å²) in [7, 11) is 0. The lowest BCUT2D eigenvalue weighted by Gasteiger charge is -2.24. The van der Waals surface area contributed by atoms with E-state index in [1.165, 1.54) is 12.8 Å². The zero-order valence-corrected chi connectivity index (χ0v) is 18.7. The first kappa shape index (κ1) is 25.9. The van der Waals surface area contributed by atoms with Crippen molar-refractivity contribution in [2.45, 2.75) is 25.3 Å². The monoisotopic (exact) mass is 452 g/mol. The van der Waals surface area contributed by atoms with Gasteiger partial charge in [0.15, 0.2) is 0 Å². The fourth-order valence-electron chi connectivity index (χ4n) is 3.32. The molecular weight excluding hydrogens is 423 g/mol. The molecule has 2 amide bonds. The van der Waals surface area contributed by atoms with Crippen LogP contribution in [0, 0.1) is 0 Å². The quantitative estimate of drug-likeness (QED) is 0.601. The van der Waals surface area contributed by atoms with Crippen LogP contribution >= 0.6 is 24.8 Å². The van der Waals surface area contributed by atoms with E-state index in [2.05, 4.69) is 15.5 Å². The maximum absolute atomic E-state index is 12.6. The van der Waals surface area contributed by atoms with Gasteiger partial charge in [-0.2, -0.15) is 0 Å². The Morgan fingerprint density at radius 2 is 1.60 bits per heavy atom. The summed E-state index contributed by atoms with van der Waals surface area (Å²) < 4.78 is 0. The molecule has 1 aliphatic heterocycles. The number of nitrogens with one attached hydrogen (secondary N) is 2. The van der Waals surface area contributed by atoms with Gasteiger partial charge in [-0.3, -0.25) is 9.59 Å². The standard InChI is InChI=1S/C22H28N4O2.2ClH/c1-22(23,18-7-3-2-4-8-18)21(28)25-19-11-9-17(10-12-19)20(27)24-13-16-26-14-5-6-15-26;;/h2-4,7-12H,5-6,13-16,23H2,1H3,(H,24,27)(H,25,28);2*1H. The van der Waals surface area contributed by atoms with Crippen LogP contribution in [0.4, 0.5) is 5.69 Å². The molecular formula is C22H30Cl2N4O2. The number of rotatable bonds is 7. The first-order valence-corrected chi connectivity index (χ1v) is 9.73. The van der Waals surface area contributed by atoms with E-state index >= 15 is 0 Å². The average molecular weight is 453 g/mol. The van der Waals surface area contributed by atoms with E-state index in [9.17, 15) is 9.59 Å². The number of carbonyl (C=O) groups is 2. The van der Waals surface area contributed by atoms with Crippen LogP contribution in [0.3, 0.4) is 0 Å². The van der Waals surface area contributed by atoms with Crippen molar-refractivity contribution in [3.05, 3.63) is 65.7 Å². The smallest absolute Gasteiger partial charge is 0.251 e. The molecule has 2 aromatic rings. The number of amides is 2. The molecule has 1 saturated heterocycles. The number of hydrogen-bond acceptors (Lipinski definition) is 4. The van der Waals surface area contributed by atoms with Crippen molar-refractivity contribution in [3.8, 4) is 0 Å². The summed E-state index contributed by atoms with van der Waals surface area (Å²) in [6.45, 7) is 5.44. The number of carbonyl (C=O) groups excluding carboxylic acids is 2. The Hall–Kier alpha value is -2.12. The van der Waals surface area contributed by atoms with E-state index in [0.29, 0.717) is 17.8 Å². The van der Waals surface area contributed by atoms with Gasteiger partial charge in [0.25, 0.3) is 5.91 Å². The topological polar surface area (TPSA) is 87.5 Å². The van der Waals surface area contributed by atoms with E-state index in [4.69, 9.17) is 5.73 Å². The predicted molar refractivity (Wildman–Crippen MR) is 126 cm³/mol. The highest BCUT2D eigenvalue weighted by Gasteiger charge is 2.30. The molecule has 0 aliphatic carbocycles. The van der Waals surface area contributed by atoms with Crippen molar-refractivity contribution in [1.82, 2.24) is 10.2 Å². The highest BCUT2D eigenvalue weighted by atomic mass is 35.5. The van der Waals surface area contributed by atoms with E-state index in [1.54, 1.807) is 31.2 Å². The van der Waals surface area contributed by atoms with Gasteiger partial charge in [0, 0.05) is 24.3 Å². The Morgan fingerprint density at radius 1 is 1.00 bits per heavy atom. The third kappa shape index (κ3) is 6.71. The molecule has 0 aromatic heterocycles. The first-order chi connectivity index (χ1) is 13.5. The van der Waals surface area contributed by atoms with Gasteiger partial charge in [0.1, 0.15) is 5.54 Å². The molecule has 0 bridgehead atoms. The van der Waals surface area contributed by atoms with Gasteiger partial charge in [-0.25, -0.2) is 0 Å². The molecule has 164 valence electrons. The Labute approximate surface area is 190 Å². The molecule has 4 N–H and O–H groups in total. The largest absolute Gasteiger partial charge is 0.351 e. The lowest BCUT2D eigenvalue weighted by Crippen LogP contribution is -2.45. The van der Waals surface area contributed by atoms with Crippen LogP contribution in [-0.4, -0.2) is 42.9 Å². The van der Waals surface area contributed by atoms with Crippen LogP contribution in [0.2, 0.25) is 0 Å². The van der Waals surface area contributed by atoms with Crippen LogP contribution < -0.4 is 16.4 Å². The molecule has 1 fully saturated rings. The number of halogens is 2. The van der Waals surface area contributed by atoms with Crippen LogP contribution in [0.5, 0.6) is 0 Å². The Morgan fingerprint density at radius 3 is 2.20 bits per heavy atom. The van der Waals surface area contributed by atoms with Crippen LogP contribution in [0.25, 0.3) is 0 Å². The number of likely N-dealkylation sites (tertiary alicyclic amines) is 1. The summed E-state index contributed by atoms with van der Waals surface area (Å²) in [5.74, 6) is -0.411. The Bertz CT molecular complexity index is 808. The van der Waals surface area contributed by atoms with Crippen molar-refractivity contribution < 1.29 is 9.59 Å². The van der Waals surface area contributed by atoms with Gasteiger partial charge in [-0.05, 0) is 62.7 Å². The maximum atomic E-state index is 12.6. The van der Waals surface area contributed by atoms with Crippen molar-refractivity contribution in [2.75, 3.05) is 31.5 Å². The molecule has 1 aliphatic rings. The minimum absolute atomic E-state index is 0. The van der Waals surface area contributed by atoms with Crippen molar-refractivity contribution in [3.63, 3.8) is 0 Å². The number of hydrogen-bond donors (Lipinski definition) is 3. The maximum Gasteiger partial charge on any atom is 0.251 e. The normalized spacial score (nSPS) is 15.3. The summed E-state index contributed by atoms with van der Waals surface area (Å²) >= 11 is 0. The minimum Gasteiger partial charge on any atom is -0.351 e. The lowest BCUT2D eigenvalue weighted by atomic mass is 9.92. The Kier molecular flexibility index (Phi) is 10.3. The number of nitrogens with two attached hydrogens (primary N) is 1. The molecule has 30 heavy (non-hydrogen) atoms. The minimum atomic E-state index is -1.15. The molecule has 0 saturated carbocycles. The third-order valence-electron chi connectivity index (χ3n) is 5.16. The van der Waals surface area contributed by atoms with Crippen molar-refractivity contribution in [2.24, 2.45) is 5.73 Å². The molecule has 1 heterocycles. The van der Waals surface area contributed by atoms with E-state index < -0.39 is 5.54 Å². The summed E-state index contributed by atoms with van der Waals surface area (Å²) in [5, 5.41) is 5.77. The van der Waals surface area contributed by atoms with Gasteiger partial charge >= 0.3 is 0 Å². The fraction of sp³-hybridized carbons (Fsp3) is 0.364. The fourth-order valence-corrected chi connectivity index (χ4v) is 3.32. The van der Waals surface area contributed by atoms with E-state index in [1.807, 2.05) is 30.3 Å². The highest BCUT2D eigenvalue weighted by molar-refractivity contribution is 5.99. The lowest BCUT2D eigenvalue weighted by molar-refractivity contribution is -0.120. The average Bonchev–Trinajstić information content (AvgIpc) is 3.22. The van der Waals surface area contributed by atoms with Crippen molar-refractivity contribution in [1.29, 1.82) is 0 Å². The molecule has 1 atom stereocenters. The third-order valence-corrected chi connectivity index (χ3v) is 5.16. The second-order valence-corrected chi connectivity index (χ2v) is 7.40. The van der Waals surface area contributed by atoms with Crippen LogP contribution in [0.1, 0.15) is 35.7 Å². The Balaban J connectivity index is 0.00000225. The van der Waals surface area contributed by atoms with Crippen LogP contribution in [-0.2, 0) is 10.3 Å². The van der Waals surface area contributed by atoms with Gasteiger partial charge in [0.05, 0.1) is 0 Å². The highest BCUT2D eigenvalue weighted by Crippen LogP contribution is 2.20. The zero-order valence-electron chi connectivity index (χ0n) is 17.1. The number of anilines is 1. The molecule has 2 aromatic carbocycles. The zero-order chi connectivity index (χ0) is 20.0. The first-order valence-electron chi connectivity index (χ1n) is 9.73. The van der Waals surface area contributed by atoms with E-state index in [0.717, 1.165) is 25.2 Å². The molecule has 0 radical (unpaired) electrons. The second-order valence-electron chi connectivity index (χ2n) is 7.40. The SMILES string of the molecule is CC(N)(C(=O)Nc1ccc(C(=O)NCCN2CCCC2)cc1)c1ccccc1.Cl.Cl. The molecule has 0 spiro atoms. The molecule has 6 nitrogen and oxygen atoms in total. The molecule has 1 unspecified atom stereocenters. The van der Waals surface area contributed by atoms with Gasteiger partial charge in [-0.1, -0.05) is 30.3 Å². The van der Waals surface area contributed by atoms with Crippen molar-refractivity contribution >= 4 is 42.3 Å². The summed E-state index contributed by atoms with van der Waals surface area (Å²) in [4.78, 5) is 27.2.